The maximum Gasteiger partial charge on any atom is 0.416 e. The van der Waals surface area contributed by atoms with Gasteiger partial charge in [0.25, 0.3) is 0 Å². The number of hydrogen-bond donors (Lipinski definition) is 2. The first-order valence-electron chi connectivity index (χ1n) is 4.20. The SMILES string of the molecule is Cl.N[C@H](CO)c1c(C(F)(F)F)ccc(Cl)c1F. The van der Waals surface area contributed by atoms with E-state index in [0.29, 0.717) is 6.07 Å². The van der Waals surface area contributed by atoms with Gasteiger partial charge in [0.2, 0.25) is 0 Å². The molecule has 1 atom stereocenters. The van der Waals surface area contributed by atoms with Crippen molar-refractivity contribution >= 4 is 24.0 Å². The fourth-order valence-electron chi connectivity index (χ4n) is 1.27. The lowest BCUT2D eigenvalue weighted by Gasteiger charge is -2.18. The normalized spacial score (nSPS) is 13.1. The van der Waals surface area contributed by atoms with Crippen molar-refractivity contribution in [3.63, 3.8) is 0 Å². The fraction of sp³-hybridized carbons (Fsp3) is 0.333. The molecule has 3 N–H and O–H groups in total. The van der Waals surface area contributed by atoms with Crippen molar-refractivity contribution in [2.45, 2.75) is 12.2 Å². The minimum absolute atomic E-state index is 0. The Hall–Kier alpha value is -0.560. The maximum atomic E-state index is 13.4. The summed E-state index contributed by atoms with van der Waals surface area (Å²) in [4.78, 5) is 0. The molecule has 1 rings (SSSR count). The van der Waals surface area contributed by atoms with Crippen molar-refractivity contribution in [1.82, 2.24) is 0 Å². The Bertz CT molecular complexity index is 397. The average molecular weight is 294 g/mol. The summed E-state index contributed by atoms with van der Waals surface area (Å²) in [7, 11) is 0. The molecule has 0 unspecified atom stereocenters. The number of rotatable bonds is 2. The van der Waals surface area contributed by atoms with Crippen LogP contribution in [0.3, 0.4) is 0 Å². The van der Waals surface area contributed by atoms with Crippen LogP contribution in [0.2, 0.25) is 5.02 Å². The third-order valence-electron chi connectivity index (χ3n) is 2.01. The van der Waals surface area contributed by atoms with Crippen LogP contribution in [0.25, 0.3) is 0 Å². The molecule has 17 heavy (non-hydrogen) atoms. The quantitative estimate of drug-likeness (QED) is 0.824. The van der Waals surface area contributed by atoms with Crippen LogP contribution < -0.4 is 5.73 Å². The summed E-state index contributed by atoms with van der Waals surface area (Å²) < 4.78 is 50.9. The van der Waals surface area contributed by atoms with Gasteiger partial charge in [-0.15, -0.1) is 12.4 Å². The first-order valence-corrected chi connectivity index (χ1v) is 4.58. The Balaban J connectivity index is 0.00000256. The number of hydrogen-bond acceptors (Lipinski definition) is 2. The van der Waals surface area contributed by atoms with Crippen molar-refractivity contribution in [1.29, 1.82) is 0 Å². The number of halogens is 6. The smallest absolute Gasteiger partial charge is 0.394 e. The van der Waals surface area contributed by atoms with Crippen molar-refractivity contribution in [3.8, 4) is 0 Å². The third kappa shape index (κ3) is 3.45. The number of benzene rings is 1. The molecule has 0 aliphatic rings. The van der Waals surface area contributed by atoms with Gasteiger partial charge in [0.05, 0.1) is 23.2 Å². The van der Waals surface area contributed by atoms with Crippen molar-refractivity contribution in [3.05, 3.63) is 34.1 Å². The van der Waals surface area contributed by atoms with Gasteiger partial charge in [-0.2, -0.15) is 13.2 Å². The summed E-state index contributed by atoms with van der Waals surface area (Å²) in [6, 6.07) is -0.0286. The predicted octanol–water partition coefficient (Wildman–Crippen LogP) is 2.91. The summed E-state index contributed by atoms with van der Waals surface area (Å²) in [6.45, 7) is -0.805. The highest BCUT2D eigenvalue weighted by atomic mass is 35.5. The van der Waals surface area contributed by atoms with E-state index < -0.39 is 40.8 Å². The number of aliphatic hydroxyl groups excluding tert-OH is 1. The first kappa shape index (κ1) is 16.4. The Morgan fingerprint density at radius 1 is 1.35 bits per heavy atom. The minimum Gasteiger partial charge on any atom is -0.394 e. The van der Waals surface area contributed by atoms with E-state index in [4.69, 9.17) is 22.4 Å². The Labute approximate surface area is 106 Å². The molecule has 0 aliphatic heterocycles. The molecule has 98 valence electrons. The van der Waals surface area contributed by atoms with Crippen LogP contribution in [0.15, 0.2) is 12.1 Å². The Kier molecular flexibility index (Phi) is 5.67. The van der Waals surface area contributed by atoms with Crippen molar-refractivity contribution in [2.75, 3.05) is 6.61 Å². The highest BCUT2D eigenvalue weighted by Crippen LogP contribution is 2.37. The van der Waals surface area contributed by atoms with Gasteiger partial charge in [-0.3, -0.25) is 0 Å². The summed E-state index contributed by atoms with van der Waals surface area (Å²) >= 11 is 5.36. The molecule has 2 nitrogen and oxygen atoms in total. The lowest BCUT2D eigenvalue weighted by Crippen LogP contribution is -2.22. The largest absolute Gasteiger partial charge is 0.416 e. The summed E-state index contributed by atoms with van der Waals surface area (Å²) in [5.41, 5.74) is 3.17. The van der Waals surface area contributed by atoms with E-state index in [-0.39, 0.29) is 12.4 Å². The first-order chi connectivity index (χ1) is 7.29. The second-order valence-corrected chi connectivity index (χ2v) is 3.52. The van der Waals surface area contributed by atoms with Crippen LogP contribution in [0, 0.1) is 5.82 Å². The third-order valence-corrected chi connectivity index (χ3v) is 2.30. The molecule has 0 saturated heterocycles. The van der Waals surface area contributed by atoms with Gasteiger partial charge in [-0.25, -0.2) is 4.39 Å². The average Bonchev–Trinajstić information content (AvgIpc) is 2.19. The molecule has 0 radical (unpaired) electrons. The Morgan fingerprint density at radius 3 is 2.29 bits per heavy atom. The molecule has 0 bridgehead atoms. The highest BCUT2D eigenvalue weighted by molar-refractivity contribution is 6.30. The maximum absolute atomic E-state index is 13.4. The van der Waals surface area contributed by atoms with Gasteiger partial charge in [-0.05, 0) is 12.1 Å². The monoisotopic (exact) mass is 293 g/mol. The zero-order valence-corrected chi connectivity index (χ0v) is 9.83. The molecule has 1 aromatic carbocycles. The fourth-order valence-corrected chi connectivity index (χ4v) is 1.43. The van der Waals surface area contributed by atoms with Crippen LogP contribution in [-0.2, 0) is 6.18 Å². The zero-order valence-electron chi connectivity index (χ0n) is 8.26. The molecule has 0 saturated carbocycles. The predicted molar refractivity (Wildman–Crippen MR) is 57.7 cm³/mol. The molecule has 0 aromatic heterocycles. The zero-order chi connectivity index (χ0) is 12.5. The molecule has 0 spiro atoms. The second kappa shape index (κ2) is 5.86. The highest BCUT2D eigenvalue weighted by Gasteiger charge is 2.36. The molecule has 0 fully saturated rings. The van der Waals surface area contributed by atoms with E-state index in [1.807, 2.05) is 0 Å². The molecule has 0 aliphatic carbocycles. The summed E-state index contributed by atoms with van der Waals surface area (Å²) in [5.74, 6) is -1.25. The molecule has 1 aromatic rings. The van der Waals surface area contributed by atoms with Crippen LogP contribution in [-0.4, -0.2) is 11.7 Å². The van der Waals surface area contributed by atoms with E-state index in [2.05, 4.69) is 0 Å². The molecule has 0 heterocycles. The molecular formula is C9H9Cl2F4NO. The Morgan fingerprint density at radius 2 is 1.88 bits per heavy atom. The second-order valence-electron chi connectivity index (χ2n) is 3.11. The van der Waals surface area contributed by atoms with Crippen LogP contribution in [0.4, 0.5) is 17.6 Å². The van der Waals surface area contributed by atoms with Crippen molar-refractivity contribution in [2.24, 2.45) is 5.73 Å². The van der Waals surface area contributed by atoms with Gasteiger partial charge in [0.15, 0.2) is 0 Å². The number of alkyl halides is 3. The van der Waals surface area contributed by atoms with Crippen LogP contribution in [0.5, 0.6) is 0 Å². The summed E-state index contributed by atoms with van der Waals surface area (Å²) in [5, 5.41) is 8.23. The topological polar surface area (TPSA) is 46.2 Å². The molecule has 0 amide bonds. The van der Waals surface area contributed by atoms with Gasteiger partial charge in [0.1, 0.15) is 5.82 Å². The van der Waals surface area contributed by atoms with E-state index in [1.54, 1.807) is 0 Å². The number of aliphatic hydroxyl groups is 1. The lowest BCUT2D eigenvalue weighted by atomic mass is 10.00. The van der Waals surface area contributed by atoms with Crippen LogP contribution in [0.1, 0.15) is 17.2 Å². The van der Waals surface area contributed by atoms with Gasteiger partial charge >= 0.3 is 6.18 Å². The van der Waals surface area contributed by atoms with E-state index in [9.17, 15) is 17.6 Å². The van der Waals surface area contributed by atoms with E-state index >= 15 is 0 Å². The standard InChI is InChI=1S/C9H8ClF4NO.ClH/c10-5-2-1-4(9(12,13)14)7(8(5)11)6(15)3-16;/h1-2,6,16H,3,15H2;1H/t6-;/m1./s1. The molecule has 8 heteroatoms. The lowest BCUT2D eigenvalue weighted by molar-refractivity contribution is -0.138. The van der Waals surface area contributed by atoms with Gasteiger partial charge in [0, 0.05) is 5.56 Å². The molecular weight excluding hydrogens is 285 g/mol. The van der Waals surface area contributed by atoms with E-state index in [1.165, 1.54) is 0 Å². The number of nitrogens with two attached hydrogens (primary N) is 1. The van der Waals surface area contributed by atoms with Gasteiger partial charge < -0.3 is 10.8 Å². The minimum atomic E-state index is -4.74. The van der Waals surface area contributed by atoms with E-state index in [0.717, 1.165) is 6.07 Å². The van der Waals surface area contributed by atoms with Crippen molar-refractivity contribution < 1.29 is 22.7 Å². The summed E-state index contributed by atoms with van der Waals surface area (Å²) in [6.07, 6.45) is -4.74. The van der Waals surface area contributed by atoms with Crippen LogP contribution >= 0.6 is 24.0 Å². The van der Waals surface area contributed by atoms with Gasteiger partial charge in [-0.1, -0.05) is 11.6 Å².